The number of aliphatic hydroxyl groups is 1. The van der Waals surface area contributed by atoms with Crippen LogP contribution in [0.4, 0.5) is 14.7 Å². The van der Waals surface area contributed by atoms with E-state index in [4.69, 9.17) is 0 Å². The number of hydrogen-bond donors (Lipinski definition) is 2. The van der Waals surface area contributed by atoms with Crippen LogP contribution in [-0.4, -0.2) is 52.3 Å². The number of aromatic nitrogens is 6. The molecule has 10 heteroatoms. The average Bonchev–Trinajstić information content (AvgIpc) is 3.29. The lowest BCUT2D eigenvalue weighted by atomic mass is 9.84. The fraction of sp³-hybridized carbons (Fsp3) is 0.455. The zero-order chi connectivity index (χ0) is 22.5. The molecule has 0 unspecified atom stereocenters. The molecule has 0 radical (unpaired) electrons. The third-order valence-electron chi connectivity index (χ3n) is 6.24. The first-order valence-corrected chi connectivity index (χ1v) is 10.7. The highest BCUT2D eigenvalue weighted by Crippen LogP contribution is 2.30. The maximum Gasteiger partial charge on any atom is 0.256 e. The number of anilines is 1. The van der Waals surface area contributed by atoms with E-state index < -0.39 is 18.6 Å². The Kier molecular flexibility index (Phi) is 5.04. The van der Waals surface area contributed by atoms with E-state index >= 15 is 0 Å². The predicted octanol–water partition coefficient (Wildman–Crippen LogP) is 3.82. The van der Waals surface area contributed by atoms with Crippen LogP contribution < -0.4 is 5.32 Å². The van der Waals surface area contributed by atoms with Crippen LogP contribution in [0.25, 0.3) is 27.8 Å². The van der Waals surface area contributed by atoms with Crippen LogP contribution in [0.2, 0.25) is 0 Å². The lowest BCUT2D eigenvalue weighted by molar-refractivity contribution is 0.0195. The molecule has 1 saturated carbocycles. The molecule has 0 amide bonds. The molecule has 0 atom stereocenters. The second-order valence-electron chi connectivity index (χ2n) is 8.78. The van der Waals surface area contributed by atoms with Crippen molar-refractivity contribution >= 4 is 22.6 Å². The minimum atomic E-state index is -2.47. The van der Waals surface area contributed by atoms with Gasteiger partial charge in [0, 0.05) is 29.6 Å². The summed E-state index contributed by atoms with van der Waals surface area (Å²) in [5.41, 5.74) is 2.88. The molecule has 1 aliphatic rings. The topological polar surface area (TPSA) is 93.2 Å². The Labute approximate surface area is 183 Å². The zero-order valence-electron chi connectivity index (χ0n) is 18.0. The maximum absolute atomic E-state index is 13.0. The van der Waals surface area contributed by atoms with Crippen molar-refractivity contribution in [2.24, 2.45) is 0 Å². The molecule has 0 bridgehead atoms. The second-order valence-corrected chi connectivity index (χ2v) is 8.78. The number of nitrogens with zero attached hydrogens (tertiary/aromatic N) is 6. The largest absolute Gasteiger partial charge is 0.390 e. The third kappa shape index (κ3) is 3.90. The average molecular weight is 441 g/mol. The molecule has 0 spiro atoms. The Hall–Kier alpha value is -3.14. The van der Waals surface area contributed by atoms with E-state index in [-0.39, 0.29) is 6.04 Å². The number of alkyl halides is 2. The van der Waals surface area contributed by atoms with E-state index in [0.717, 1.165) is 42.3 Å². The van der Waals surface area contributed by atoms with Crippen molar-refractivity contribution in [1.29, 1.82) is 0 Å². The molecule has 5 rings (SSSR count). The summed E-state index contributed by atoms with van der Waals surface area (Å²) in [5, 5.41) is 18.1. The highest BCUT2D eigenvalue weighted by atomic mass is 19.3. The molecule has 32 heavy (non-hydrogen) atoms. The van der Waals surface area contributed by atoms with Gasteiger partial charge in [-0.1, -0.05) is 0 Å². The summed E-state index contributed by atoms with van der Waals surface area (Å²) in [5.74, 6) is 1.04. The fourth-order valence-corrected chi connectivity index (χ4v) is 4.41. The van der Waals surface area contributed by atoms with E-state index in [1.54, 1.807) is 23.8 Å². The number of aryl methyl sites for hydroxylation is 1. The molecule has 4 heterocycles. The molecular weight excluding hydrogens is 416 g/mol. The number of imidazole rings is 1. The van der Waals surface area contributed by atoms with Gasteiger partial charge in [-0.2, -0.15) is 0 Å². The van der Waals surface area contributed by atoms with Gasteiger partial charge in [-0.25, -0.2) is 28.2 Å². The second kappa shape index (κ2) is 7.77. The van der Waals surface area contributed by atoms with Gasteiger partial charge in [0.1, 0.15) is 5.82 Å². The van der Waals surface area contributed by atoms with Gasteiger partial charge < -0.3 is 15.0 Å². The predicted molar refractivity (Wildman–Crippen MR) is 117 cm³/mol. The fourth-order valence-electron chi connectivity index (χ4n) is 4.41. The van der Waals surface area contributed by atoms with Crippen molar-refractivity contribution in [3.8, 4) is 11.1 Å². The van der Waals surface area contributed by atoms with Gasteiger partial charge in [0.25, 0.3) is 6.43 Å². The highest BCUT2D eigenvalue weighted by molar-refractivity contribution is 5.85. The van der Waals surface area contributed by atoms with Gasteiger partial charge in [0.2, 0.25) is 5.95 Å². The summed E-state index contributed by atoms with van der Waals surface area (Å²) in [6, 6.07) is 3.97. The Morgan fingerprint density at radius 1 is 1.22 bits per heavy atom. The number of pyridine rings is 1. The quantitative estimate of drug-likeness (QED) is 0.489. The van der Waals surface area contributed by atoms with E-state index in [0.29, 0.717) is 22.9 Å². The van der Waals surface area contributed by atoms with E-state index in [9.17, 15) is 13.9 Å². The number of halogens is 2. The molecule has 4 aromatic rings. The summed E-state index contributed by atoms with van der Waals surface area (Å²) in [4.78, 5) is 13.1. The SMILES string of the molecule is Cc1nc2ncc(-c3ccn4nc(N[C@H]5CC[C@](C)(O)CC5)ncc34)cc2n1CC(F)F. The summed E-state index contributed by atoms with van der Waals surface area (Å²) in [6.07, 6.45) is 6.03. The maximum atomic E-state index is 13.0. The van der Waals surface area contributed by atoms with Gasteiger partial charge in [-0.15, -0.1) is 5.10 Å². The van der Waals surface area contributed by atoms with Crippen LogP contribution in [0, 0.1) is 6.92 Å². The number of nitrogens with one attached hydrogen (secondary N) is 1. The first kappa shape index (κ1) is 20.7. The Balaban J connectivity index is 1.43. The van der Waals surface area contributed by atoms with E-state index in [2.05, 4.69) is 25.4 Å². The lowest BCUT2D eigenvalue weighted by Gasteiger charge is -2.33. The first-order valence-electron chi connectivity index (χ1n) is 10.7. The van der Waals surface area contributed by atoms with Crippen LogP contribution in [0.1, 0.15) is 38.4 Å². The zero-order valence-corrected chi connectivity index (χ0v) is 18.0. The first-order chi connectivity index (χ1) is 15.3. The molecule has 1 aliphatic carbocycles. The van der Waals surface area contributed by atoms with Crippen LogP contribution in [-0.2, 0) is 6.54 Å². The van der Waals surface area contributed by atoms with Gasteiger partial charge in [-0.3, -0.25) is 0 Å². The van der Waals surface area contributed by atoms with Crippen LogP contribution >= 0.6 is 0 Å². The Morgan fingerprint density at radius 3 is 2.75 bits per heavy atom. The Bertz CT molecular complexity index is 1270. The van der Waals surface area contributed by atoms with E-state index in [1.807, 2.05) is 25.3 Å². The molecule has 168 valence electrons. The normalized spacial score (nSPS) is 21.6. The molecule has 0 aliphatic heterocycles. The van der Waals surface area contributed by atoms with E-state index in [1.165, 1.54) is 4.57 Å². The summed E-state index contributed by atoms with van der Waals surface area (Å²) in [7, 11) is 0. The van der Waals surface area contributed by atoms with Crippen molar-refractivity contribution in [2.45, 2.75) is 64.1 Å². The number of fused-ring (bicyclic) bond motifs is 2. The smallest absolute Gasteiger partial charge is 0.256 e. The van der Waals surface area contributed by atoms with Gasteiger partial charge >= 0.3 is 0 Å². The molecule has 4 aromatic heterocycles. The summed E-state index contributed by atoms with van der Waals surface area (Å²) < 4.78 is 29.3. The van der Waals surface area contributed by atoms with Crippen LogP contribution in [0.3, 0.4) is 0 Å². The van der Waals surface area contributed by atoms with Crippen LogP contribution in [0.15, 0.2) is 30.7 Å². The van der Waals surface area contributed by atoms with Crippen molar-refractivity contribution in [3.05, 3.63) is 36.5 Å². The molecule has 0 aromatic carbocycles. The van der Waals surface area contributed by atoms with Crippen molar-refractivity contribution in [3.63, 3.8) is 0 Å². The lowest BCUT2D eigenvalue weighted by Crippen LogP contribution is -2.36. The Morgan fingerprint density at radius 2 is 2.00 bits per heavy atom. The number of hydrogen-bond acceptors (Lipinski definition) is 6. The van der Waals surface area contributed by atoms with Crippen molar-refractivity contribution in [2.75, 3.05) is 5.32 Å². The van der Waals surface area contributed by atoms with Crippen molar-refractivity contribution in [1.82, 2.24) is 29.1 Å². The van der Waals surface area contributed by atoms with Gasteiger partial charge in [-0.05, 0) is 51.7 Å². The van der Waals surface area contributed by atoms with Crippen molar-refractivity contribution < 1.29 is 13.9 Å². The molecule has 1 fully saturated rings. The molecule has 0 saturated heterocycles. The standard InChI is InChI=1S/C22H25F2N7O/c1-13-27-20-17(30(13)12-19(23)24)9-14(10-25-20)16-5-8-31-18(16)11-26-21(29-31)28-15-3-6-22(2,32)7-4-15/h5,8-11,15,19,32H,3-4,6-7,12H2,1-2H3,(H,28,29)/t15-,22-. The molecule has 8 nitrogen and oxygen atoms in total. The summed E-state index contributed by atoms with van der Waals surface area (Å²) in [6.45, 7) is 3.16. The minimum absolute atomic E-state index is 0.229. The van der Waals surface area contributed by atoms with Crippen LogP contribution in [0.5, 0.6) is 0 Å². The third-order valence-corrected chi connectivity index (χ3v) is 6.24. The molecule has 2 N–H and O–H groups in total. The van der Waals surface area contributed by atoms with Gasteiger partial charge in [0.05, 0.1) is 29.4 Å². The highest BCUT2D eigenvalue weighted by Gasteiger charge is 2.29. The van der Waals surface area contributed by atoms with Gasteiger partial charge in [0.15, 0.2) is 5.65 Å². The minimum Gasteiger partial charge on any atom is -0.390 e. The molecular formula is C22H25F2N7O. The number of rotatable bonds is 5. The monoisotopic (exact) mass is 441 g/mol. The summed E-state index contributed by atoms with van der Waals surface area (Å²) >= 11 is 0.